The van der Waals surface area contributed by atoms with Crippen LogP contribution in [0.15, 0.2) is 5.38 Å². The summed E-state index contributed by atoms with van der Waals surface area (Å²) in [4.78, 5) is 12.4. The van der Waals surface area contributed by atoms with Gasteiger partial charge in [-0.05, 0) is 5.51 Å². The Hall–Kier alpha value is -0.303. The standard InChI is InChI=1S/C6H6NS.CH2O2.Li/c1-2-5(1)6-3-8-4-7-6;2-1-3;/h3,5H,1-2H2;1H,(H,2,3);/q-1;;+1. The Morgan fingerprint density at radius 2 is 2.33 bits per heavy atom. The monoisotopic (exact) mass is 177 g/mol. The van der Waals surface area contributed by atoms with Gasteiger partial charge in [-0.2, -0.15) is 0 Å². The van der Waals surface area contributed by atoms with Gasteiger partial charge in [-0.1, -0.05) is 18.8 Å². The van der Waals surface area contributed by atoms with Gasteiger partial charge >= 0.3 is 18.9 Å². The van der Waals surface area contributed by atoms with Gasteiger partial charge in [0.05, 0.1) is 0 Å². The maximum Gasteiger partial charge on any atom is 1.00 e. The Bertz CT molecular complexity index is 211. The molecule has 0 bridgehead atoms. The van der Waals surface area contributed by atoms with E-state index in [0.29, 0.717) is 0 Å². The zero-order valence-corrected chi connectivity index (χ0v) is 7.67. The van der Waals surface area contributed by atoms with Crippen molar-refractivity contribution in [1.29, 1.82) is 0 Å². The molecule has 1 N–H and O–H groups in total. The van der Waals surface area contributed by atoms with Gasteiger partial charge in [-0.15, -0.1) is 11.1 Å². The van der Waals surface area contributed by atoms with Gasteiger partial charge in [-0.3, -0.25) is 16.1 Å². The summed E-state index contributed by atoms with van der Waals surface area (Å²) < 4.78 is 0. The third-order valence-corrected chi connectivity index (χ3v) is 1.96. The molecule has 0 radical (unpaired) electrons. The van der Waals surface area contributed by atoms with Crippen LogP contribution in [0.2, 0.25) is 0 Å². The summed E-state index contributed by atoms with van der Waals surface area (Å²) in [5.74, 6) is 0.803. The van der Waals surface area contributed by atoms with Crippen molar-refractivity contribution in [2.24, 2.45) is 0 Å². The van der Waals surface area contributed by atoms with E-state index in [1.165, 1.54) is 18.5 Å². The van der Waals surface area contributed by atoms with Crippen molar-refractivity contribution in [3.8, 4) is 0 Å². The number of thiazole rings is 1. The van der Waals surface area contributed by atoms with E-state index in [1.807, 2.05) is 0 Å². The summed E-state index contributed by atoms with van der Waals surface area (Å²) in [6, 6.07) is 0. The van der Waals surface area contributed by atoms with Gasteiger partial charge in [0, 0.05) is 0 Å². The average Bonchev–Trinajstić information content (AvgIpc) is 2.69. The van der Waals surface area contributed by atoms with Crippen LogP contribution in [0.3, 0.4) is 0 Å². The first-order chi connectivity index (χ1) is 5.38. The number of carboxylic acid groups (broad SMARTS) is 1. The van der Waals surface area contributed by atoms with Crippen LogP contribution in [0.25, 0.3) is 0 Å². The van der Waals surface area contributed by atoms with E-state index in [2.05, 4.69) is 15.9 Å². The molecule has 1 aliphatic carbocycles. The van der Waals surface area contributed by atoms with E-state index in [4.69, 9.17) is 9.90 Å². The molecule has 1 aromatic heterocycles. The van der Waals surface area contributed by atoms with Crippen LogP contribution in [-0.4, -0.2) is 16.6 Å². The van der Waals surface area contributed by atoms with Crippen LogP contribution in [0.4, 0.5) is 0 Å². The van der Waals surface area contributed by atoms with E-state index in [0.717, 1.165) is 5.92 Å². The molecule has 1 heterocycles. The van der Waals surface area contributed by atoms with E-state index in [-0.39, 0.29) is 25.3 Å². The zero-order valence-electron chi connectivity index (χ0n) is 6.86. The van der Waals surface area contributed by atoms with E-state index >= 15 is 0 Å². The Balaban J connectivity index is 0.000000272. The molecule has 1 aliphatic rings. The van der Waals surface area contributed by atoms with Gasteiger partial charge in [0.15, 0.2) is 0 Å². The fourth-order valence-corrected chi connectivity index (χ4v) is 1.34. The van der Waals surface area contributed by atoms with Crippen molar-refractivity contribution in [2.75, 3.05) is 0 Å². The number of aromatic nitrogens is 1. The minimum absolute atomic E-state index is 0. The summed E-state index contributed by atoms with van der Waals surface area (Å²) in [6.45, 7) is -0.250. The molecule has 0 aliphatic heterocycles. The number of rotatable bonds is 1. The summed E-state index contributed by atoms with van der Waals surface area (Å²) in [7, 11) is 0. The van der Waals surface area contributed by atoms with Crippen LogP contribution < -0.4 is 18.9 Å². The normalized spacial score (nSPS) is 13.7. The molecule has 0 amide bonds. The van der Waals surface area contributed by atoms with Crippen LogP contribution in [0.5, 0.6) is 0 Å². The number of hydrogen-bond acceptors (Lipinski definition) is 3. The van der Waals surface area contributed by atoms with Gasteiger partial charge in [0.25, 0.3) is 6.47 Å². The van der Waals surface area contributed by atoms with Gasteiger partial charge in [-0.25, -0.2) is 0 Å². The number of nitrogens with zero attached hydrogens (tertiary/aromatic N) is 1. The topological polar surface area (TPSA) is 50.2 Å². The fraction of sp³-hybridized carbons (Fsp3) is 0.429. The van der Waals surface area contributed by atoms with E-state index in [9.17, 15) is 0 Å². The second-order valence-corrected chi connectivity index (χ2v) is 2.90. The molecule has 3 nitrogen and oxygen atoms in total. The van der Waals surface area contributed by atoms with Gasteiger partial charge < -0.3 is 10.1 Å². The van der Waals surface area contributed by atoms with Crippen LogP contribution >= 0.6 is 11.3 Å². The van der Waals surface area contributed by atoms with Gasteiger partial charge in [0.2, 0.25) is 0 Å². The van der Waals surface area contributed by atoms with Crippen molar-refractivity contribution in [3.05, 3.63) is 16.6 Å². The maximum atomic E-state index is 8.36. The molecule has 1 aromatic rings. The molecule has 0 aromatic carbocycles. The SMILES string of the molecule is O=CO.[Li+].[c-]1nc(C2CC2)cs1. The largest absolute Gasteiger partial charge is 1.00 e. The Morgan fingerprint density at radius 1 is 1.75 bits per heavy atom. The predicted octanol–water partition coefficient (Wildman–Crippen LogP) is -1.47. The molecule has 0 unspecified atom stereocenters. The minimum atomic E-state index is -0.250. The maximum absolute atomic E-state index is 8.36. The average molecular weight is 177 g/mol. The van der Waals surface area contributed by atoms with Gasteiger partial charge in [0.1, 0.15) is 0 Å². The first-order valence-corrected chi connectivity index (χ1v) is 4.15. The molecule has 5 heteroatoms. The fourth-order valence-electron chi connectivity index (χ4n) is 0.759. The molecule has 1 fully saturated rings. The molecule has 60 valence electrons. The second-order valence-electron chi connectivity index (χ2n) is 2.24. The van der Waals surface area contributed by atoms with E-state index in [1.54, 1.807) is 11.3 Å². The Labute approximate surface area is 87.0 Å². The third-order valence-electron chi connectivity index (χ3n) is 1.40. The molecule has 0 spiro atoms. The van der Waals surface area contributed by atoms with Crippen molar-refractivity contribution < 1.29 is 28.8 Å². The van der Waals surface area contributed by atoms with Crippen LogP contribution in [0.1, 0.15) is 24.5 Å². The van der Waals surface area contributed by atoms with Crippen molar-refractivity contribution >= 4 is 17.8 Å². The summed E-state index contributed by atoms with van der Waals surface area (Å²) >= 11 is 1.57. The third kappa shape index (κ3) is 3.91. The predicted molar refractivity (Wildman–Crippen MR) is 41.6 cm³/mol. The first-order valence-electron chi connectivity index (χ1n) is 3.27. The van der Waals surface area contributed by atoms with Crippen molar-refractivity contribution in [3.63, 3.8) is 0 Å². The number of hydrogen-bond donors (Lipinski definition) is 1. The molecule has 0 saturated heterocycles. The summed E-state index contributed by atoms with van der Waals surface area (Å²) in [6.07, 6.45) is 2.69. The second kappa shape index (κ2) is 6.24. The first kappa shape index (κ1) is 11.7. The Morgan fingerprint density at radius 3 is 2.67 bits per heavy atom. The van der Waals surface area contributed by atoms with Crippen LogP contribution in [-0.2, 0) is 4.79 Å². The molecule has 2 rings (SSSR count). The smallest absolute Gasteiger partial charge is 0.483 e. The Kier molecular flexibility index (Phi) is 6.08. The quantitative estimate of drug-likeness (QED) is 0.323. The molecular formula is C7H8LiNO2S. The van der Waals surface area contributed by atoms with Crippen molar-refractivity contribution in [1.82, 2.24) is 4.98 Å². The molecule has 0 atom stereocenters. The van der Waals surface area contributed by atoms with Crippen molar-refractivity contribution in [2.45, 2.75) is 18.8 Å². The number of carbonyl (C=O) groups is 1. The molecular weight excluding hydrogens is 169 g/mol. The summed E-state index contributed by atoms with van der Waals surface area (Å²) in [5, 5.41) is 8.98. The zero-order chi connectivity index (χ0) is 8.10. The van der Waals surface area contributed by atoms with E-state index < -0.39 is 0 Å². The minimum Gasteiger partial charge on any atom is -0.483 e. The molecule has 1 saturated carbocycles. The summed E-state index contributed by atoms with van der Waals surface area (Å²) in [5.41, 5.74) is 4.10. The molecule has 12 heavy (non-hydrogen) atoms. The van der Waals surface area contributed by atoms with Crippen LogP contribution in [0, 0.1) is 5.51 Å².